The van der Waals surface area contributed by atoms with E-state index in [1.165, 1.54) is 6.07 Å². The van der Waals surface area contributed by atoms with Crippen LogP contribution >= 0.6 is 0 Å². The molecular weight excluding hydrogens is 243 g/mol. The van der Waals surface area contributed by atoms with Crippen LogP contribution in [0.15, 0.2) is 18.2 Å². The lowest BCUT2D eigenvalue weighted by molar-refractivity contribution is 0.244. The van der Waals surface area contributed by atoms with Crippen LogP contribution in [0.5, 0.6) is 0 Å². The van der Waals surface area contributed by atoms with E-state index in [-0.39, 0.29) is 18.5 Å². The Bertz CT molecular complexity index is 421. The van der Waals surface area contributed by atoms with E-state index in [1.54, 1.807) is 0 Å². The maximum Gasteiger partial charge on any atom is 0.146 e. The van der Waals surface area contributed by atoms with Crippen LogP contribution in [0.25, 0.3) is 0 Å². The summed E-state index contributed by atoms with van der Waals surface area (Å²) in [5.41, 5.74) is 7.25. The Morgan fingerprint density at radius 3 is 2.95 bits per heavy atom. The summed E-state index contributed by atoms with van der Waals surface area (Å²) in [4.78, 5) is 2.09. The van der Waals surface area contributed by atoms with E-state index >= 15 is 0 Å². The van der Waals surface area contributed by atoms with E-state index in [1.807, 2.05) is 19.1 Å². The predicted molar refractivity (Wildman–Crippen MR) is 75.6 cm³/mol. The topological polar surface area (TPSA) is 49.5 Å². The summed E-state index contributed by atoms with van der Waals surface area (Å²) in [5.74, 6) is 0.269. The van der Waals surface area contributed by atoms with Crippen LogP contribution < -0.4 is 10.6 Å². The van der Waals surface area contributed by atoms with Crippen molar-refractivity contribution in [2.24, 2.45) is 11.7 Å². The van der Waals surface area contributed by atoms with Gasteiger partial charge in [0.2, 0.25) is 0 Å². The number of nitrogens with zero attached hydrogens (tertiary/aromatic N) is 1. The van der Waals surface area contributed by atoms with Gasteiger partial charge in [-0.3, -0.25) is 0 Å². The first kappa shape index (κ1) is 14.3. The van der Waals surface area contributed by atoms with Gasteiger partial charge < -0.3 is 15.7 Å². The SMILES string of the molecule is C[C@H](N)c1ccc(N2CCCC(CCO)C2)c(F)c1. The summed E-state index contributed by atoms with van der Waals surface area (Å²) in [5, 5.41) is 9.02. The zero-order chi connectivity index (χ0) is 13.8. The monoisotopic (exact) mass is 266 g/mol. The second-order valence-corrected chi connectivity index (χ2v) is 5.47. The number of hydrogen-bond donors (Lipinski definition) is 2. The van der Waals surface area contributed by atoms with E-state index in [0.717, 1.165) is 37.9 Å². The van der Waals surface area contributed by atoms with Crippen LogP contribution in [0, 0.1) is 11.7 Å². The van der Waals surface area contributed by atoms with Crippen molar-refractivity contribution in [3.63, 3.8) is 0 Å². The lowest BCUT2D eigenvalue weighted by atomic mass is 9.94. The highest BCUT2D eigenvalue weighted by Gasteiger charge is 2.21. The molecule has 2 atom stereocenters. The van der Waals surface area contributed by atoms with Gasteiger partial charge in [0, 0.05) is 25.7 Å². The molecule has 1 unspecified atom stereocenters. The van der Waals surface area contributed by atoms with Gasteiger partial charge >= 0.3 is 0 Å². The number of aliphatic hydroxyl groups is 1. The molecule has 0 bridgehead atoms. The fourth-order valence-corrected chi connectivity index (χ4v) is 2.76. The number of piperidine rings is 1. The summed E-state index contributed by atoms with van der Waals surface area (Å²) in [6, 6.07) is 5.12. The van der Waals surface area contributed by atoms with E-state index < -0.39 is 0 Å². The number of rotatable bonds is 4. The Kier molecular flexibility index (Phi) is 4.77. The molecule has 0 saturated carbocycles. The number of benzene rings is 1. The molecule has 106 valence electrons. The molecule has 0 aliphatic carbocycles. The molecule has 1 fully saturated rings. The van der Waals surface area contributed by atoms with Crippen molar-refractivity contribution in [1.82, 2.24) is 0 Å². The van der Waals surface area contributed by atoms with Crippen molar-refractivity contribution in [3.8, 4) is 0 Å². The Morgan fingerprint density at radius 2 is 2.32 bits per heavy atom. The lowest BCUT2D eigenvalue weighted by Crippen LogP contribution is -2.36. The molecule has 0 spiro atoms. The molecule has 1 saturated heterocycles. The van der Waals surface area contributed by atoms with Gasteiger partial charge in [0.15, 0.2) is 0 Å². The second-order valence-electron chi connectivity index (χ2n) is 5.47. The Balaban J connectivity index is 2.12. The lowest BCUT2D eigenvalue weighted by Gasteiger charge is -2.34. The molecule has 0 amide bonds. The number of aliphatic hydroxyl groups excluding tert-OH is 1. The van der Waals surface area contributed by atoms with E-state index in [2.05, 4.69) is 4.90 Å². The number of nitrogens with two attached hydrogens (primary N) is 1. The van der Waals surface area contributed by atoms with Gasteiger partial charge in [0.25, 0.3) is 0 Å². The summed E-state index contributed by atoms with van der Waals surface area (Å²) in [7, 11) is 0. The molecule has 1 aromatic rings. The molecule has 1 heterocycles. The van der Waals surface area contributed by atoms with Crippen molar-refractivity contribution < 1.29 is 9.50 Å². The van der Waals surface area contributed by atoms with E-state index in [4.69, 9.17) is 10.8 Å². The number of hydrogen-bond acceptors (Lipinski definition) is 3. The highest BCUT2D eigenvalue weighted by Crippen LogP contribution is 2.28. The molecule has 1 aliphatic rings. The first-order valence-electron chi connectivity index (χ1n) is 7.02. The van der Waals surface area contributed by atoms with E-state index in [9.17, 15) is 4.39 Å². The van der Waals surface area contributed by atoms with Crippen LogP contribution in [0.1, 0.15) is 37.8 Å². The van der Waals surface area contributed by atoms with Gasteiger partial charge in [-0.1, -0.05) is 6.07 Å². The minimum Gasteiger partial charge on any atom is -0.396 e. The first-order valence-corrected chi connectivity index (χ1v) is 7.02. The first-order chi connectivity index (χ1) is 9.11. The van der Waals surface area contributed by atoms with Gasteiger partial charge in [-0.15, -0.1) is 0 Å². The Hall–Kier alpha value is -1.13. The zero-order valence-corrected chi connectivity index (χ0v) is 11.5. The van der Waals surface area contributed by atoms with Crippen molar-refractivity contribution in [2.45, 2.75) is 32.2 Å². The third-order valence-electron chi connectivity index (χ3n) is 3.89. The fourth-order valence-electron chi connectivity index (χ4n) is 2.76. The average molecular weight is 266 g/mol. The van der Waals surface area contributed by atoms with Gasteiger partial charge in [-0.25, -0.2) is 4.39 Å². The quantitative estimate of drug-likeness (QED) is 0.880. The normalized spacial score (nSPS) is 21.5. The summed E-state index contributed by atoms with van der Waals surface area (Å²) < 4.78 is 14.2. The van der Waals surface area contributed by atoms with Crippen molar-refractivity contribution in [2.75, 3.05) is 24.6 Å². The molecule has 1 aromatic carbocycles. The predicted octanol–water partition coefficient (Wildman–Crippen LogP) is 2.44. The smallest absolute Gasteiger partial charge is 0.146 e. The number of halogens is 1. The second kappa shape index (κ2) is 6.35. The molecule has 19 heavy (non-hydrogen) atoms. The zero-order valence-electron chi connectivity index (χ0n) is 11.5. The summed E-state index contributed by atoms with van der Waals surface area (Å²) >= 11 is 0. The average Bonchev–Trinajstić information content (AvgIpc) is 2.39. The van der Waals surface area contributed by atoms with Crippen molar-refractivity contribution >= 4 is 5.69 Å². The molecule has 0 radical (unpaired) electrons. The molecule has 2 rings (SSSR count). The minimum absolute atomic E-state index is 0.146. The fraction of sp³-hybridized carbons (Fsp3) is 0.600. The highest BCUT2D eigenvalue weighted by molar-refractivity contribution is 5.50. The van der Waals surface area contributed by atoms with Crippen molar-refractivity contribution in [1.29, 1.82) is 0 Å². The molecule has 3 nitrogen and oxygen atoms in total. The Morgan fingerprint density at radius 1 is 1.53 bits per heavy atom. The minimum atomic E-state index is -0.195. The van der Waals surface area contributed by atoms with Crippen LogP contribution in [-0.4, -0.2) is 24.8 Å². The van der Waals surface area contributed by atoms with Gasteiger partial charge in [0.1, 0.15) is 5.82 Å². The third kappa shape index (κ3) is 3.45. The van der Waals surface area contributed by atoms with E-state index in [0.29, 0.717) is 11.6 Å². The molecular formula is C15H23FN2O. The Labute approximate surface area is 114 Å². The standard InChI is InChI=1S/C15H23FN2O/c1-11(17)13-4-5-15(14(16)9-13)18-7-2-3-12(10-18)6-8-19/h4-5,9,11-12,19H,2-3,6-8,10,17H2,1H3/t11-,12?/m0/s1. The summed E-state index contributed by atoms with van der Waals surface area (Å²) in [6.07, 6.45) is 2.98. The van der Waals surface area contributed by atoms with Gasteiger partial charge in [-0.05, 0) is 49.8 Å². The highest BCUT2D eigenvalue weighted by atomic mass is 19.1. The largest absolute Gasteiger partial charge is 0.396 e. The van der Waals surface area contributed by atoms with Gasteiger partial charge in [0.05, 0.1) is 5.69 Å². The molecule has 0 aromatic heterocycles. The maximum absolute atomic E-state index is 14.2. The van der Waals surface area contributed by atoms with Crippen LogP contribution in [0.4, 0.5) is 10.1 Å². The molecule has 4 heteroatoms. The van der Waals surface area contributed by atoms with Crippen LogP contribution in [0.2, 0.25) is 0 Å². The third-order valence-corrected chi connectivity index (χ3v) is 3.89. The van der Waals surface area contributed by atoms with Crippen molar-refractivity contribution in [3.05, 3.63) is 29.6 Å². The molecule has 3 N–H and O–H groups in total. The maximum atomic E-state index is 14.2. The molecule has 1 aliphatic heterocycles. The summed E-state index contributed by atoms with van der Waals surface area (Å²) in [6.45, 7) is 3.78. The van der Waals surface area contributed by atoms with Crippen LogP contribution in [0.3, 0.4) is 0 Å². The van der Waals surface area contributed by atoms with Gasteiger partial charge in [-0.2, -0.15) is 0 Å². The number of anilines is 1. The van der Waals surface area contributed by atoms with Crippen LogP contribution in [-0.2, 0) is 0 Å².